The van der Waals surface area contributed by atoms with Crippen LogP contribution in [0.25, 0.3) is 0 Å². The van der Waals surface area contributed by atoms with Gasteiger partial charge in [0.25, 0.3) is 0 Å². The zero-order chi connectivity index (χ0) is 13.7. The highest BCUT2D eigenvalue weighted by Crippen LogP contribution is 2.20. The van der Waals surface area contributed by atoms with Gasteiger partial charge in [-0.2, -0.15) is 0 Å². The average molecular weight is 280 g/mol. The Morgan fingerprint density at radius 1 is 1.32 bits per heavy atom. The van der Waals surface area contributed by atoms with E-state index in [9.17, 15) is 4.79 Å². The van der Waals surface area contributed by atoms with Gasteiger partial charge in [0, 0.05) is 5.75 Å². The molecule has 0 unspecified atom stereocenters. The molecule has 100 valence electrons. The van der Waals surface area contributed by atoms with E-state index in [1.54, 1.807) is 24.3 Å². The minimum Gasteiger partial charge on any atom is -0.478 e. The first-order chi connectivity index (χ1) is 9.20. The molecule has 0 spiro atoms. The summed E-state index contributed by atoms with van der Waals surface area (Å²) in [6.07, 6.45) is 0. The Kier molecular flexibility index (Phi) is 4.48. The smallest absolute Gasteiger partial charge is 0.335 e. The van der Waals surface area contributed by atoms with Gasteiger partial charge >= 0.3 is 5.97 Å². The molecule has 0 aliphatic rings. The lowest BCUT2D eigenvalue weighted by Crippen LogP contribution is -2.05. The van der Waals surface area contributed by atoms with Crippen LogP contribution in [0.15, 0.2) is 29.4 Å². The molecule has 2 N–H and O–H groups in total. The molecule has 2 aromatic rings. The van der Waals surface area contributed by atoms with E-state index in [4.69, 9.17) is 10.2 Å². The molecule has 0 bridgehead atoms. The second kappa shape index (κ2) is 6.30. The third-order valence-corrected chi connectivity index (χ3v) is 3.41. The summed E-state index contributed by atoms with van der Waals surface area (Å²) >= 11 is 1.43. The lowest BCUT2D eigenvalue weighted by Gasteiger charge is -2.03. The summed E-state index contributed by atoms with van der Waals surface area (Å²) in [6.45, 7) is 0.333. The van der Waals surface area contributed by atoms with Crippen LogP contribution in [-0.4, -0.2) is 43.0 Å². The molecule has 7 nitrogen and oxygen atoms in total. The number of benzene rings is 1. The van der Waals surface area contributed by atoms with Crippen molar-refractivity contribution in [2.24, 2.45) is 0 Å². The van der Waals surface area contributed by atoms with Crippen molar-refractivity contribution in [3.8, 4) is 0 Å². The lowest BCUT2D eigenvalue weighted by molar-refractivity contribution is 0.0697. The Bertz CT molecular complexity index is 555. The Morgan fingerprint density at radius 2 is 2.05 bits per heavy atom. The van der Waals surface area contributed by atoms with Gasteiger partial charge in [-0.05, 0) is 28.1 Å². The summed E-state index contributed by atoms with van der Waals surface area (Å²) in [5, 5.41) is 29.4. The molecule has 0 saturated heterocycles. The number of aromatic nitrogens is 4. The van der Waals surface area contributed by atoms with Gasteiger partial charge in [0.2, 0.25) is 5.16 Å². The summed E-state index contributed by atoms with van der Waals surface area (Å²) in [4.78, 5) is 10.7. The first-order valence-corrected chi connectivity index (χ1v) is 6.51. The predicted molar refractivity (Wildman–Crippen MR) is 67.9 cm³/mol. The van der Waals surface area contributed by atoms with E-state index in [1.165, 1.54) is 16.4 Å². The second-order valence-electron chi connectivity index (χ2n) is 3.70. The van der Waals surface area contributed by atoms with Crippen molar-refractivity contribution in [3.63, 3.8) is 0 Å². The van der Waals surface area contributed by atoms with E-state index in [0.717, 1.165) is 5.56 Å². The number of aliphatic hydroxyl groups is 1. The maximum absolute atomic E-state index is 10.7. The molecule has 0 radical (unpaired) electrons. The first kappa shape index (κ1) is 13.5. The monoisotopic (exact) mass is 280 g/mol. The normalized spacial score (nSPS) is 10.6. The van der Waals surface area contributed by atoms with Gasteiger partial charge in [0.05, 0.1) is 18.7 Å². The maximum atomic E-state index is 10.7. The number of rotatable bonds is 6. The Balaban J connectivity index is 1.98. The first-order valence-electron chi connectivity index (χ1n) is 5.53. The number of aromatic carboxylic acids is 1. The summed E-state index contributed by atoms with van der Waals surface area (Å²) < 4.78 is 1.52. The van der Waals surface area contributed by atoms with E-state index in [0.29, 0.717) is 17.5 Å². The fraction of sp³-hybridized carbons (Fsp3) is 0.273. The molecule has 0 atom stereocenters. The van der Waals surface area contributed by atoms with E-state index >= 15 is 0 Å². The minimum absolute atomic E-state index is 0.0219. The van der Waals surface area contributed by atoms with E-state index < -0.39 is 5.97 Å². The van der Waals surface area contributed by atoms with Crippen LogP contribution in [0.1, 0.15) is 15.9 Å². The summed E-state index contributed by atoms with van der Waals surface area (Å²) in [5.74, 6) is -0.308. The molecule has 2 rings (SSSR count). The minimum atomic E-state index is -0.939. The van der Waals surface area contributed by atoms with Gasteiger partial charge in [-0.15, -0.1) is 5.10 Å². The molecule has 1 aromatic heterocycles. The van der Waals surface area contributed by atoms with Gasteiger partial charge in [-0.3, -0.25) is 0 Å². The van der Waals surface area contributed by atoms with Gasteiger partial charge < -0.3 is 10.2 Å². The molecule has 0 fully saturated rings. The fourth-order valence-corrected chi connectivity index (χ4v) is 2.29. The highest BCUT2D eigenvalue weighted by molar-refractivity contribution is 7.98. The number of hydrogen-bond donors (Lipinski definition) is 2. The summed E-state index contributed by atoms with van der Waals surface area (Å²) in [6, 6.07) is 6.65. The SMILES string of the molecule is O=C(O)c1ccc(CSc2nnnn2CCO)cc1. The van der Waals surface area contributed by atoms with Crippen molar-refractivity contribution in [2.75, 3.05) is 6.61 Å². The zero-order valence-electron chi connectivity index (χ0n) is 9.93. The van der Waals surface area contributed by atoms with Crippen LogP contribution in [0.3, 0.4) is 0 Å². The van der Waals surface area contributed by atoms with Gasteiger partial charge in [0.15, 0.2) is 0 Å². The van der Waals surface area contributed by atoms with Gasteiger partial charge in [-0.25, -0.2) is 9.48 Å². The second-order valence-corrected chi connectivity index (χ2v) is 4.64. The van der Waals surface area contributed by atoms with Crippen LogP contribution >= 0.6 is 11.8 Å². The molecule has 1 heterocycles. The van der Waals surface area contributed by atoms with Gasteiger partial charge in [-0.1, -0.05) is 23.9 Å². The van der Waals surface area contributed by atoms with E-state index in [2.05, 4.69) is 15.5 Å². The molecule has 0 aliphatic heterocycles. The quantitative estimate of drug-likeness (QED) is 0.749. The number of thioether (sulfide) groups is 1. The molecule has 19 heavy (non-hydrogen) atoms. The van der Waals surface area contributed by atoms with Crippen LogP contribution in [0.5, 0.6) is 0 Å². The number of carboxylic acids is 1. The maximum Gasteiger partial charge on any atom is 0.335 e. The molecular formula is C11H12N4O3S. The topological polar surface area (TPSA) is 101 Å². The Hall–Kier alpha value is -1.93. The third-order valence-electron chi connectivity index (χ3n) is 2.38. The number of hydrogen-bond acceptors (Lipinski definition) is 6. The van der Waals surface area contributed by atoms with Gasteiger partial charge in [0.1, 0.15) is 0 Å². The van der Waals surface area contributed by atoms with Crippen LogP contribution in [0, 0.1) is 0 Å². The van der Waals surface area contributed by atoms with Crippen molar-refractivity contribution in [3.05, 3.63) is 35.4 Å². The zero-order valence-corrected chi connectivity index (χ0v) is 10.7. The van der Waals surface area contributed by atoms with Crippen LogP contribution in [-0.2, 0) is 12.3 Å². The highest BCUT2D eigenvalue weighted by atomic mass is 32.2. The number of carbonyl (C=O) groups is 1. The summed E-state index contributed by atoms with van der Waals surface area (Å²) in [7, 11) is 0. The average Bonchev–Trinajstić information content (AvgIpc) is 2.85. The standard InChI is InChI=1S/C11H12N4O3S/c16-6-5-15-11(12-13-14-15)19-7-8-1-3-9(4-2-8)10(17)18/h1-4,16H,5-7H2,(H,17,18). The highest BCUT2D eigenvalue weighted by Gasteiger charge is 2.07. The fourth-order valence-electron chi connectivity index (χ4n) is 1.43. The lowest BCUT2D eigenvalue weighted by atomic mass is 10.1. The number of tetrazole rings is 1. The largest absolute Gasteiger partial charge is 0.478 e. The molecule has 0 aliphatic carbocycles. The van der Waals surface area contributed by atoms with E-state index in [-0.39, 0.29) is 12.2 Å². The number of nitrogens with zero attached hydrogens (tertiary/aromatic N) is 4. The van der Waals surface area contributed by atoms with E-state index in [1.807, 2.05) is 0 Å². The van der Waals surface area contributed by atoms with Crippen molar-refractivity contribution < 1.29 is 15.0 Å². The third kappa shape index (κ3) is 3.52. The molecule has 8 heteroatoms. The van der Waals surface area contributed by atoms with Crippen molar-refractivity contribution >= 4 is 17.7 Å². The summed E-state index contributed by atoms with van der Waals surface area (Å²) in [5.41, 5.74) is 1.24. The van der Waals surface area contributed by atoms with Crippen molar-refractivity contribution in [1.29, 1.82) is 0 Å². The van der Waals surface area contributed by atoms with Crippen LogP contribution in [0.2, 0.25) is 0 Å². The Morgan fingerprint density at radius 3 is 2.68 bits per heavy atom. The Labute approximate surface area is 113 Å². The molecule has 0 saturated carbocycles. The molecule has 0 amide bonds. The van der Waals surface area contributed by atoms with Crippen molar-refractivity contribution in [1.82, 2.24) is 20.2 Å². The van der Waals surface area contributed by atoms with Crippen LogP contribution < -0.4 is 0 Å². The number of aliphatic hydroxyl groups excluding tert-OH is 1. The molecule has 1 aromatic carbocycles. The number of carboxylic acid groups (broad SMARTS) is 1. The van der Waals surface area contributed by atoms with Crippen LogP contribution in [0.4, 0.5) is 0 Å². The van der Waals surface area contributed by atoms with Crippen molar-refractivity contribution in [2.45, 2.75) is 17.5 Å². The predicted octanol–water partition coefficient (Wildman–Crippen LogP) is 0.656. The molecular weight excluding hydrogens is 268 g/mol.